The number of rotatable bonds is 7. The van der Waals surface area contributed by atoms with E-state index in [1.54, 1.807) is 12.1 Å². The number of nitrogens with zero attached hydrogens (tertiary/aromatic N) is 2. The number of aryl methyl sites for hydroxylation is 1. The predicted molar refractivity (Wildman–Crippen MR) is 126 cm³/mol. The van der Waals surface area contributed by atoms with Gasteiger partial charge in [-0.3, -0.25) is 14.5 Å². The Bertz CT molecular complexity index is 1060. The van der Waals surface area contributed by atoms with Gasteiger partial charge in [0.2, 0.25) is 5.91 Å². The molecule has 2 aliphatic rings. The second-order valence-electron chi connectivity index (χ2n) is 9.09. The molecule has 7 heteroatoms. The van der Waals surface area contributed by atoms with E-state index in [0.29, 0.717) is 18.4 Å². The number of benzene rings is 2. The number of carboxylic acids is 1. The number of carbonyl (C=O) groups excluding carboxylic acids is 2. The minimum absolute atomic E-state index is 0.0116. The molecule has 0 unspecified atom stereocenters. The highest BCUT2D eigenvalue weighted by Gasteiger charge is 2.40. The number of ketones is 1. The van der Waals surface area contributed by atoms with Crippen LogP contribution in [0.2, 0.25) is 5.02 Å². The Morgan fingerprint density at radius 3 is 2.52 bits per heavy atom. The third-order valence-electron chi connectivity index (χ3n) is 6.76. The van der Waals surface area contributed by atoms with Gasteiger partial charge in [0.1, 0.15) is 0 Å². The van der Waals surface area contributed by atoms with Crippen molar-refractivity contribution >= 4 is 29.3 Å². The number of carbonyl (C=O) groups is 3. The molecule has 2 heterocycles. The Kier molecular flexibility index (Phi) is 7.15. The van der Waals surface area contributed by atoms with Crippen molar-refractivity contribution in [1.82, 2.24) is 9.80 Å². The van der Waals surface area contributed by atoms with Crippen LogP contribution >= 0.6 is 11.6 Å². The summed E-state index contributed by atoms with van der Waals surface area (Å²) in [5.41, 5.74) is 3.14. The minimum Gasteiger partial charge on any atom is -0.478 e. The average Bonchev–Trinajstić information content (AvgIpc) is 3.18. The number of piperidine rings is 1. The highest BCUT2D eigenvalue weighted by atomic mass is 35.5. The lowest BCUT2D eigenvalue weighted by atomic mass is 9.97. The standard InChI is InChI=1S/C26H29ClN2O4/c1-17-13-19(5-6-22(17)27)16-28-11-9-21(10-12-28)29-23(7-8-25(29)31)24(30)15-18-3-2-4-20(14-18)26(32)33/h2-6,13-14,21,23H,7-12,15-16H2,1H3,(H,32,33)/t23-/m1/s1. The van der Waals surface area contributed by atoms with Crippen molar-refractivity contribution in [2.75, 3.05) is 13.1 Å². The molecular weight excluding hydrogens is 440 g/mol. The second-order valence-corrected chi connectivity index (χ2v) is 9.50. The fraction of sp³-hybridized carbons (Fsp3) is 0.423. The maximum atomic E-state index is 13.1. The summed E-state index contributed by atoms with van der Waals surface area (Å²) in [4.78, 5) is 41.2. The summed E-state index contributed by atoms with van der Waals surface area (Å²) in [6, 6.07) is 12.2. The third kappa shape index (κ3) is 5.45. The van der Waals surface area contributed by atoms with Crippen LogP contribution in [0.15, 0.2) is 42.5 Å². The van der Waals surface area contributed by atoms with Gasteiger partial charge in [-0.25, -0.2) is 4.79 Å². The molecule has 2 fully saturated rings. The summed E-state index contributed by atoms with van der Waals surface area (Å²) in [6.07, 6.45) is 2.77. The summed E-state index contributed by atoms with van der Waals surface area (Å²) < 4.78 is 0. The minimum atomic E-state index is -1.01. The average molecular weight is 469 g/mol. The predicted octanol–water partition coefficient (Wildman–Crippen LogP) is 4.11. The van der Waals surface area contributed by atoms with E-state index in [0.717, 1.165) is 43.1 Å². The summed E-state index contributed by atoms with van der Waals surface area (Å²) in [5, 5.41) is 9.97. The molecule has 2 aliphatic heterocycles. The first-order valence-electron chi connectivity index (χ1n) is 11.5. The molecule has 0 spiro atoms. The van der Waals surface area contributed by atoms with Crippen molar-refractivity contribution in [3.8, 4) is 0 Å². The van der Waals surface area contributed by atoms with Crippen LogP contribution in [0.1, 0.15) is 52.7 Å². The van der Waals surface area contributed by atoms with Crippen molar-refractivity contribution in [3.05, 3.63) is 69.7 Å². The van der Waals surface area contributed by atoms with Crippen LogP contribution in [0.25, 0.3) is 0 Å². The Balaban J connectivity index is 1.37. The van der Waals surface area contributed by atoms with Gasteiger partial charge in [0.05, 0.1) is 11.6 Å². The zero-order valence-electron chi connectivity index (χ0n) is 18.8. The molecule has 6 nitrogen and oxygen atoms in total. The Hall–Kier alpha value is -2.70. The smallest absolute Gasteiger partial charge is 0.335 e. The van der Waals surface area contributed by atoms with Gasteiger partial charge < -0.3 is 10.0 Å². The van der Waals surface area contributed by atoms with Crippen LogP contribution in [0, 0.1) is 6.92 Å². The van der Waals surface area contributed by atoms with Gasteiger partial charge in [-0.1, -0.05) is 35.9 Å². The maximum Gasteiger partial charge on any atom is 0.335 e. The number of carboxylic acid groups (broad SMARTS) is 1. The van der Waals surface area contributed by atoms with Crippen molar-refractivity contribution < 1.29 is 19.5 Å². The van der Waals surface area contributed by atoms with E-state index >= 15 is 0 Å². The molecule has 0 aliphatic carbocycles. The Morgan fingerprint density at radius 2 is 1.82 bits per heavy atom. The first-order chi connectivity index (χ1) is 15.8. The van der Waals surface area contributed by atoms with E-state index < -0.39 is 12.0 Å². The lowest BCUT2D eigenvalue weighted by Gasteiger charge is -2.39. The van der Waals surface area contributed by atoms with Gasteiger partial charge in [0.15, 0.2) is 5.78 Å². The van der Waals surface area contributed by atoms with Crippen LogP contribution in [-0.2, 0) is 22.6 Å². The quantitative estimate of drug-likeness (QED) is 0.661. The highest BCUT2D eigenvalue weighted by molar-refractivity contribution is 6.31. The molecule has 174 valence electrons. The number of Topliss-reactive ketones (excluding diaryl/α,β-unsaturated/α-hetero) is 1. The Morgan fingerprint density at radius 1 is 1.06 bits per heavy atom. The van der Waals surface area contributed by atoms with Gasteiger partial charge >= 0.3 is 5.97 Å². The van der Waals surface area contributed by atoms with Crippen molar-refractivity contribution in [2.45, 2.75) is 57.7 Å². The lowest BCUT2D eigenvalue weighted by molar-refractivity contribution is -0.137. The number of hydrogen-bond acceptors (Lipinski definition) is 4. The third-order valence-corrected chi connectivity index (χ3v) is 7.18. The van der Waals surface area contributed by atoms with Gasteiger partial charge in [-0.05, 0) is 61.1 Å². The van der Waals surface area contributed by atoms with E-state index in [4.69, 9.17) is 11.6 Å². The van der Waals surface area contributed by atoms with E-state index in [2.05, 4.69) is 17.0 Å². The largest absolute Gasteiger partial charge is 0.478 e. The number of likely N-dealkylation sites (tertiary alicyclic amines) is 2. The van der Waals surface area contributed by atoms with Crippen LogP contribution in [0.3, 0.4) is 0 Å². The van der Waals surface area contributed by atoms with Crippen LogP contribution in [0.4, 0.5) is 0 Å². The van der Waals surface area contributed by atoms with Gasteiger partial charge in [-0.15, -0.1) is 0 Å². The normalized spacial score (nSPS) is 19.8. The number of hydrogen-bond donors (Lipinski definition) is 1. The van der Waals surface area contributed by atoms with Crippen LogP contribution < -0.4 is 0 Å². The molecule has 2 aromatic rings. The molecule has 4 rings (SSSR count). The number of aromatic carboxylic acids is 1. The molecule has 1 amide bonds. The molecule has 2 saturated heterocycles. The SMILES string of the molecule is Cc1cc(CN2CCC(N3C(=O)CC[C@@H]3C(=O)Cc3cccc(C(=O)O)c3)CC2)ccc1Cl. The summed E-state index contributed by atoms with van der Waals surface area (Å²) in [6.45, 7) is 4.60. The molecule has 0 radical (unpaired) electrons. The number of amides is 1. The molecule has 1 N–H and O–H groups in total. The summed E-state index contributed by atoms with van der Waals surface area (Å²) in [5.74, 6) is -0.968. The van der Waals surface area contributed by atoms with E-state index in [1.165, 1.54) is 17.7 Å². The zero-order valence-corrected chi connectivity index (χ0v) is 19.6. The topological polar surface area (TPSA) is 77.9 Å². The molecule has 0 aromatic heterocycles. The molecular formula is C26H29ClN2O4. The Labute approximate surface area is 199 Å². The molecule has 0 saturated carbocycles. The van der Waals surface area contributed by atoms with E-state index in [1.807, 2.05) is 17.9 Å². The summed E-state index contributed by atoms with van der Waals surface area (Å²) >= 11 is 6.14. The monoisotopic (exact) mass is 468 g/mol. The molecule has 0 bridgehead atoms. The fourth-order valence-corrected chi connectivity index (χ4v) is 5.15. The fourth-order valence-electron chi connectivity index (χ4n) is 5.03. The van der Waals surface area contributed by atoms with Gasteiger partial charge in [-0.2, -0.15) is 0 Å². The first kappa shape index (κ1) is 23.5. The molecule has 33 heavy (non-hydrogen) atoms. The first-order valence-corrected chi connectivity index (χ1v) is 11.8. The summed E-state index contributed by atoms with van der Waals surface area (Å²) in [7, 11) is 0. The number of halogens is 1. The van der Waals surface area contributed by atoms with Gasteiger partial charge in [0, 0.05) is 43.5 Å². The molecule has 2 aromatic carbocycles. The van der Waals surface area contributed by atoms with E-state index in [-0.39, 0.29) is 29.7 Å². The van der Waals surface area contributed by atoms with Crippen LogP contribution in [-0.4, -0.2) is 57.7 Å². The lowest BCUT2D eigenvalue weighted by Crippen LogP contribution is -2.50. The maximum absolute atomic E-state index is 13.1. The second kappa shape index (κ2) is 10.1. The van der Waals surface area contributed by atoms with Crippen molar-refractivity contribution in [3.63, 3.8) is 0 Å². The van der Waals surface area contributed by atoms with Crippen molar-refractivity contribution in [1.29, 1.82) is 0 Å². The van der Waals surface area contributed by atoms with Gasteiger partial charge in [0.25, 0.3) is 0 Å². The zero-order chi connectivity index (χ0) is 23.5. The van der Waals surface area contributed by atoms with Crippen molar-refractivity contribution in [2.24, 2.45) is 0 Å². The van der Waals surface area contributed by atoms with E-state index in [9.17, 15) is 19.5 Å². The van der Waals surface area contributed by atoms with Crippen LogP contribution in [0.5, 0.6) is 0 Å². The molecule has 1 atom stereocenters. The highest BCUT2D eigenvalue weighted by Crippen LogP contribution is 2.29.